The van der Waals surface area contributed by atoms with Crippen LogP contribution < -0.4 is 15.4 Å². The Morgan fingerprint density at radius 3 is 2.88 bits per heavy atom. The molecule has 2 aliphatic heterocycles. The summed E-state index contributed by atoms with van der Waals surface area (Å²) in [5.41, 5.74) is 1.05. The minimum atomic E-state index is -0.147. The average molecular weight is 338 g/mol. The molecule has 2 amide bonds. The third kappa shape index (κ3) is 3.18. The Morgan fingerprint density at radius 2 is 2.04 bits per heavy atom. The van der Waals surface area contributed by atoms with Gasteiger partial charge >= 0.3 is 0 Å². The number of hydrogen-bond donors (Lipinski definition) is 2. The number of ether oxygens (including phenoxy) is 1. The fraction of sp³-hybridized carbons (Fsp3) is 0.400. The fourth-order valence-electron chi connectivity index (χ4n) is 3.71. The summed E-state index contributed by atoms with van der Waals surface area (Å²) in [5, 5.41) is 8.21. The summed E-state index contributed by atoms with van der Waals surface area (Å²) in [5.74, 6) is 0.790. The molecule has 0 saturated carbocycles. The molecule has 2 atom stereocenters. The van der Waals surface area contributed by atoms with E-state index in [1.54, 1.807) is 0 Å². The van der Waals surface area contributed by atoms with Crippen LogP contribution in [0.3, 0.4) is 0 Å². The van der Waals surface area contributed by atoms with E-state index in [4.69, 9.17) is 4.74 Å². The van der Waals surface area contributed by atoms with Gasteiger partial charge in [0, 0.05) is 23.9 Å². The molecule has 0 spiro atoms. The zero-order chi connectivity index (χ0) is 17.2. The Labute approximate surface area is 146 Å². The molecule has 0 aliphatic carbocycles. The summed E-state index contributed by atoms with van der Waals surface area (Å²) < 4.78 is 6.02. The number of carbonyl (C=O) groups excluding carboxylic acids is 2. The molecule has 4 rings (SSSR count). The second-order valence-electron chi connectivity index (χ2n) is 6.80. The Hall–Kier alpha value is -2.56. The molecule has 0 unspecified atom stereocenters. The van der Waals surface area contributed by atoms with E-state index in [0.29, 0.717) is 26.0 Å². The Bertz CT molecular complexity index is 808. The van der Waals surface area contributed by atoms with Crippen LogP contribution >= 0.6 is 0 Å². The molecule has 2 N–H and O–H groups in total. The monoisotopic (exact) mass is 338 g/mol. The van der Waals surface area contributed by atoms with Crippen LogP contribution in [0.4, 0.5) is 0 Å². The van der Waals surface area contributed by atoms with E-state index in [1.807, 2.05) is 12.1 Å². The van der Waals surface area contributed by atoms with Gasteiger partial charge < -0.3 is 15.4 Å². The number of benzene rings is 2. The van der Waals surface area contributed by atoms with Gasteiger partial charge in [-0.3, -0.25) is 9.59 Å². The lowest BCUT2D eigenvalue weighted by molar-refractivity contribution is -0.129. The molecule has 2 aromatic carbocycles. The van der Waals surface area contributed by atoms with E-state index in [1.165, 1.54) is 0 Å². The SMILES string of the molecule is O=C1CC[C@H](C(=O)N[C@@H]2CCCOc3c2ccc2ccccc32)CN1. The molecule has 2 aliphatic rings. The van der Waals surface area contributed by atoms with Crippen molar-refractivity contribution in [3.05, 3.63) is 42.0 Å². The summed E-state index contributed by atoms with van der Waals surface area (Å²) in [6, 6.07) is 12.3. The van der Waals surface area contributed by atoms with E-state index >= 15 is 0 Å². The van der Waals surface area contributed by atoms with Gasteiger partial charge in [-0.25, -0.2) is 0 Å². The maximum absolute atomic E-state index is 12.7. The second-order valence-corrected chi connectivity index (χ2v) is 6.80. The molecule has 5 heteroatoms. The maximum Gasteiger partial charge on any atom is 0.225 e. The topological polar surface area (TPSA) is 67.4 Å². The second kappa shape index (κ2) is 6.75. The highest BCUT2D eigenvalue weighted by atomic mass is 16.5. The predicted molar refractivity (Wildman–Crippen MR) is 95.3 cm³/mol. The smallest absolute Gasteiger partial charge is 0.225 e. The molecular formula is C20H22N2O3. The standard InChI is InChI=1S/C20H22N2O3/c23-18-10-8-14(12-21-18)20(24)22-17-6-3-11-25-19-15-5-2-1-4-13(15)7-9-16(17)19/h1-2,4-5,7,9,14,17H,3,6,8,10-12H2,(H,21,23)(H,22,24)/t14-,17+/m0/s1. The third-order valence-corrected chi connectivity index (χ3v) is 5.12. The van der Waals surface area contributed by atoms with Crippen molar-refractivity contribution in [1.82, 2.24) is 10.6 Å². The van der Waals surface area contributed by atoms with Gasteiger partial charge in [-0.1, -0.05) is 36.4 Å². The van der Waals surface area contributed by atoms with Crippen LogP contribution in [0.2, 0.25) is 0 Å². The number of fused-ring (bicyclic) bond motifs is 3. The van der Waals surface area contributed by atoms with Crippen molar-refractivity contribution in [1.29, 1.82) is 0 Å². The first-order chi connectivity index (χ1) is 12.2. The minimum absolute atomic E-state index is 0.0195. The van der Waals surface area contributed by atoms with Gasteiger partial charge in [0.2, 0.25) is 11.8 Å². The summed E-state index contributed by atoms with van der Waals surface area (Å²) in [6.07, 6.45) is 2.80. The fourth-order valence-corrected chi connectivity index (χ4v) is 3.71. The number of piperidine rings is 1. The van der Waals surface area contributed by atoms with Gasteiger partial charge in [-0.2, -0.15) is 0 Å². The van der Waals surface area contributed by atoms with Gasteiger partial charge in [0.1, 0.15) is 5.75 Å². The van der Waals surface area contributed by atoms with Crippen molar-refractivity contribution >= 4 is 22.6 Å². The van der Waals surface area contributed by atoms with Gasteiger partial charge in [0.05, 0.1) is 18.6 Å². The molecule has 130 valence electrons. The summed E-state index contributed by atoms with van der Waals surface area (Å²) in [6.45, 7) is 1.09. The van der Waals surface area contributed by atoms with E-state index < -0.39 is 0 Å². The quantitative estimate of drug-likeness (QED) is 0.885. The molecule has 0 bridgehead atoms. The van der Waals surface area contributed by atoms with Gasteiger partial charge in [-0.15, -0.1) is 0 Å². The first kappa shape index (κ1) is 15.9. The number of nitrogens with one attached hydrogen (secondary N) is 2. The van der Waals surface area contributed by atoms with Crippen LogP contribution in [0.15, 0.2) is 36.4 Å². The van der Waals surface area contributed by atoms with Crippen molar-refractivity contribution in [2.24, 2.45) is 5.92 Å². The van der Waals surface area contributed by atoms with Crippen LogP contribution in [-0.2, 0) is 9.59 Å². The van der Waals surface area contributed by atoms with Crippen LogP contribution in [-0.4, -0.2) is 25.0 Å². The third-order valence-electron chi connectivity index (χ3n) is 5.12. The van der Waals surface area contributed by atoms with Crippen molar-refractivity contribution in [3.63, 3.8) is 0 Å². The van der Waals surface area contributed by atoms with Crippen LogP contribution in [0.5, 0.6) is 5.75 Å². The molecule has 1 saturated heterocycles. The lowest BCUT2D eigenvalue weighted by Crippen LogP contribution is -2.43. The number of hydrogen-bond acceptors (Lipinski definition) is 3. The van der Waals surface area contributed by atoms with Crippen molar-refractivity contribution in [2.75, 3.05) is 13.2 Å². The summed E-state index contributed by atoms with van der Waals surface area (Å²) >= 11 is 0. The largest absolute Gasteiger partial charge is 0.493 e. The Morgan fingerprint density at radius 1 is 1.16 bits per heavy atom. The summed E-state index contributed by atoms with van der Waals surface area (Å²) in [4.78, 5) is 24.0. The molecule has 0 radical (unpaired) electrons. The van der Waals surface area contributed by atoms with Gasteiger partial charge in [0.15, 0.2) is 0 Å². The predicted octanol–water partition coefficient (Wildman–Crippen LogP) is 2.70. The Balaban J connectivity index is 1.60. The molecule has 1 fully saturated rings. The molecule has 0 aromatic heterocycles. The first-order valence-corrected chi connectivity index (χ1v) is 8.94. The molecular weight excluding hydrogens is 316 g/mol. The lowest BCUT2D eigenvalue weighted by atomic mass is 9.95. The molecule has 2 aromatic rings. The zero-order valence-electron chi connectivity index (χ0n) is 14.1. The van der Waals surface area contributed by atoms with Gasteiger partial charge in [0.25, 0.3) is 0 Å². The zero-order valence-corrected chi connectivity index (χ0v) is 14.1. The van der Waals surface area contributed by atoms with Gasteiger partial charge in [-0.05, 0) is 24.6 Å². The number of rotatable bonds is 2. The van der Waals surface area contributed by atoms with Crippen LogP contribution in [0, 0.1) is 5.92 Å². The summed E-state index contributed by atoms with van der Waals surface area (Å²) in [7, 11) is 0. The van der Waals surface area contributed by atoms with E-state index in [0.717, 1.165) is 34.9 Å². The first-order valence-electron chi connectivity index (χ1n) is 8.94. The Kier molecular flexibility index (Phi) is 4.30. The highest BCUT2D eigenvalue weighted by molar-refractivity contribution is 5.90. The van der Waals surface area contributed by atoms with Crippen molar-refractivity contribution < 1.29 is 14.3 Å². The maximum atomic E-state index is 12.7. The lowest BCUT2D eigenvalue weighted by Gasteiger charge is -2.25. The average Bonchev–Trinajstić information content (AvgIpc) is 2.85. The van der Waals surface area contributed by atoms with Crippen molar-refractivity contribution in [3.8, 4) is 5.75 Å². The van der Waals surface area contributed by atoms with E-state index in [9.17, 15) is 9.59 Å². The highest BCUT2D eigenvalue weighted by Gasteiger charge is 2.28. The number of amides is 2. The van der Waals surface area contributed by atoms with Crippen LogP contribution in [0.25, 0.3) is 10.8 Å². The van der Waals surface area contributed by atoms with Crippen molar-refractivity contribution in [2.45, 2.75) is 31.7 Å². The molecule has 2 heterocycles. The van der Waals surface area contributed by atoms with E-state index in [-0.39, 0.29) is 23.8 Å². The molecule has 25 heavy (non-hydrogen) atoms. The minimum Gasteiger partial charge on any atom is -0.493 e. The molecule has 5 nitrogen and oxygen atoms in total. The highest BCUT2D eigenvalue weighted by Crippen LogP contribution is 2.37. The number of carbonyl (C=O) groups is 2. The normalized spacial score (nSPS) is 23.1. The van der Waals surface area contributed by atoms with Crippen LogP contribution in [0.1, 0.15) is 37.3 Å². The van der Waals surface area contributed by atoms with E-state index in [2.05, 4.69) is 34.9 Å².